The lowest BCUT2D eigenvalue weighted by molar-refractivity contribution is 0.100. The Hall–Kier alpha value is -4.33. The Balaban J connectivity index is 1.65. The van der Waals surface area contributed by atoms with Crippen molar-refractivity contribution in [3.05, 3.63) is 78.6 Å². The highest BCUT2D eigenvalue weighted by molar-refractivity contribution is 5.99. The minimum atomic E-state index is -0.452. The van der Waals surface area contributed by atoms with Crippen LogP contribution < -0.4 is 11.1 Å². The summed E-state index contributed by atoms with van der Waals surface area (Å²) in [5.74, 6) is -0.452. The van der Waals surface area contributed by atoms with Gasteiger partial charge < -0.3 is 20.2 Å². The van der Waals surface area contributed by atoms with E-state index >= 15 is 0 Å². The van der Waals surface area contributed by atoms with Crippen LogP contribution in [0.15, 0.2) is 67.5 Å². The number of aromatic nitrogens is 5. The van der Waals surface area contributed by atoms with E-state index in [0.29, 0.717) is 5.56 Å². The molecule has 0 radical (unpaired) electrons. The van der Waals surface area contributed by atoms with Crippen LogP contribution in [0.5, 0.6) is 0 Å². The summed E-state index contributed by atoms with van der Waals surface area (Å²) in [6.07, 6.45) is 10.7. The molecule has 0 unspecified atom stereocenters. The number of nitrogens with zero attached hydrogens (tertiary/aromatic N) is 5. The molecule has 184 valence electrons. The van der Waals surface area contributed by atoms with E-state index < -0.39 is 5.91 Å². The largest absolute Gasteiger partial charge is 0.380 e. The van der Waals surface area contributed by atoms with Gasteiger partial charge in [0, 0.05) is 53.5 Å². The molecule has 5 rings (SSSR count). The second-order valence-corrected chi connectivity index (χ2v) is 10.1. The summed E-state index contributed by atoms with van der Waals surface area (Å²) >= 11 is 0. The fourth-order valence-corrected chi connectivity index (χ4v) is 4.61. The number of aryl methyl sites for hydroxylation is 2. The van der Waals surface area contributed by atoms with E-state index in [4.69, 9.17) is 5.73 Å². The van der Waals surface area contributed by atoms with Gasteiger partial charge in [0.2, 0.25) is 0 Å². The number of fused-ring (bicyclic) bond motifs is 1. The number of carbonyl (C=O) groups is 1. The third-order valence-electron chi connectivity index (χ3n) is 6.18. The van der Waals surface area contributed by atoms with Crippen LogP contribution in [0.25, 0.3) is 33.5 Å². The summed E-state index contributed by atoms with van der Waals surface area (Å²) < 4.78 is 6.02. The summed E-state index contributed by atoms with van der Waals surface area (Å²) in [5, 5.41) is 8.87. The Morgan fingerprint density at radius 1 is 1.11 bits per heavy atom. The van der Waals surface area contributed by atoms with E-state index in [0.717, 1.165) is 40.3 Å². The highest BCUT2D eigenvalue weighted by atomic mass is 16.1. The molecule has 0 saturated heterocycles. The topological polar surface area (TPSA) is 95.7 Å². The van der Waals surface area contributed by atoms with Crippen LogP contribution >= 0.6 is 0 Å². The zero-order valence-electron chi connectivity index (χ0n) is 21.3. The van der Waals surface area contributed by atoms with E-state index in [-0.39, 0.29) is 5.54 Å². The van der Waals surface area contributed by atoms with Gasteiger partial charge in [-0.1, -0.05) is 13.0 Å². The molecule has 8 nitrogen and oxygen atoms in total. The first-order valence-corrected chi connectivity index (χ1v) is 12.0. The van der Waals surface area contributed by atoms with Gasteiger partial charge in [-0.3, -0.25) is 9.48 Å². The Morgan fingerprint density at radius 2 is 1.92 bits per heavy atom. The van der Waals surface area contributed by atoms with E-state index in [1.165, 1.54) is 10.9 Å². The molecule has 0 saturated carbocycles. The number of amides is 1. The maximum atomic E-state index is 12.1. The number of anilines is 1. The van der Waals surface area contributed by atoms with Gasteiger partial charge in [0.05, 0.1) is 35.0 Å². The van der Waals surface area contributed by atoms with Crippen LogP contribution in [0, 0.1) is 0 Å². The quantitative estimate of drug-likeness (QED) is 0.353. The van der Waals surface area contributed by atoms with Crippen molar-refractivity contribution in [3.63, 3.8) is 0 Å². The van der Waals surface area contributed by atoms with Gasteiger partial charge in [0.1, 0.15) is 0 Å². The average molecular weight is 482 g/mol. The zero-order chi connectivity index (χ0) is 25.6. The average Bonchev–Trinajstić information content (AvgIpc) is 3.55. The monoisotopic (exact) mass is 481 g/mol. The molecule has 36 heavy (non-hydrogen) atoms. The molecule has 8 heteroatoms. The van der Waals surface area contributed by atoms with Crippen molar-refractivity contribution in [3.8, 4) is 22.6 Å². The summed E-state index contributed by atoms with van der Waals surface area (Å²) in [5.41, 5.74) is 12.8. The Morgan fingerprint density at radius 3 is 2.58 bits per heavy atom. The smallest absolute Gasteiger partial charge is 0.250 e. The number of rotatable bonds is 6. The molecule has 0 fully saturated rings. The van der Waals surface area contributed by atoms with Crippen molar-refractivity contribution in [1.29, 1.82) is 0 Å². The van der Waals surface area contributed by atoms with Crippen molar-refractivity contribution in [2.75, 3.05) is 5.32 Å². The first-order valence-electron chi connectivity index (χ1n) is 12.0. The van der Waals surface area contributed by atoms with Crippen LogP contribution in [0.3, 0.4) is 0 Å². The van der Waals surface area contributed by atoms with Crippen LogP contribution in [0.1, 0.15) is 43.6 Å². The maximum Gasteiger partial charge on any atom is 0.250 e. The Kier molecular flexibility index (Phi) is 5.67. The molecule has 3 aromatic heterocycles. The molecule has 3 heterocycles. The predicted octanol–water partition coefficient (Wildman–Crippen LogP) is 5.09. The molecule has 0 atom stereocenters. The van der Waals surface area contributed by atoms with Crippen LogP contribution in [0.2, 0.25) is 0 Å². The highest BCUT2D eigenvalue weighted by Gasteiger charge is 2.19. The number of nitrogens with one attached hydrogen (secondary N) is 1. The molecule has 3 N–H and O–H groups in total. The Bertz CT molecular complexity index is 1580. The molecule has 0 aliphatic heterocycles. The molecule has 1 amide bonds. The normalized spacial score (nSPS) is 11.8. The molecule has 0 bridgehead atoms. The van der Waals surface area contributed by atoms with Crippen molar-refractivity contribution < 1.29 is 4.79 Å². The van der Waals surface area contributed by atoms with Crippen molar-refractivity contribution >= 4 is 22.5 Å². The second-order valence-electron chi connectivity index (χ2n) is 10.1. The molecule has 2 aromatic carbocycles. The lowest BCUT2D eigenvalue weighted by Gasteiger charge is -2.24. The number of benzene rings is 2. The first-order chi connectivity index (χ1) is 17.1. The van der Waals surface area contributed by atoms with Gasteiger partial charge in [0.15, 0.2) is 0 Å². The van der Waals surface area contributed by atoms with Gasteiger partial charge in [-0.25, -0.2) is 4.98 Å². The molecule has 5 aromatic rings. The summed E-state index contributed by atoms with van der Waals surface area (Å²) in [6.45, 7) is 8.33. The minimum absolute atomic E-state index is 0.225. The van der Waals surface area contributed by atoms with Gasteiger partial charge in [-0.05, 0) is 63.1 Å². The van der Waals surface area contributed by atoms with Crippen LogP contribution in [-0.4, -0.2) is 35.3 Å². The highest BCUT2D eigenvalue weighted by Crippen LogP contribution is 2.33. The molecule has 0 spiro atoms. The summed E-state index contributed by atoms with van der Waals surface area (Å²) in [4.78, 5) is 16.7. The fourth-order valence-electron chi connectivity index (χ4n) is 4.61. The predicted molar refractivity (Wildman–Crippen MR) is 144 cm³/mol. The first kappa shape index (κ1) is 23.4. The molecule has 0 aliphatic rings. The number of carbonyl (C=O) groups excluding carboxylic acids is 1. The van der Waals surface area contributed by atoms with Crippen molar-refractivity contribution in [2.45, 2.75) is 39.7 Å². The van der Waals surface area contributed by atoms with Gasteiger partial charge in [-0.2, -0.15) is 5.10 Å². The van der Waals surface area contributed by atoms with Crippen molar-refractivity contribution in [2.24, 2.45) is 12.8 Å². The second kappa shape index (κ2) is 8.71. The van der Waals surface area contributed by atoms with E-state index in [1.807, 2.05) is 44.1 Å². The number of hydrogen-bond acceptors (Lipinski definition) is 4. The van der Waals surface area contributed by atoms with Crippen LogP contribution in [-0.2, 0) is 13.5 Å². The standard InChI is InChI=1S/C28H31N7O/c1-6-18-15-35(20-10-11-21(27(29)36)22(12-20)32-28(2,3)4)25-9-7-8-24(26(18)25)34-16-23(30-17-34)19-13-31-33(5)14-19/h7-17,32H,6H2,1-5H3,(H2,29,36). The number of imidazole rings is 1. The summed E-state index contributed by atoms with van der Waals surface area (Å²) in [7, 11) is 1.90. The van der Waals surface area contributed by atoms with Crippen molar-refractivity contribution in [1.82, 2.24) is 23.9 Å². The molecular weight excluding hydrogens is 450 g/mol. The minimum Gasteiger partial charge on any atom is -0.380 e. The third kappa shape index (κ3) is 4.26. The lowest BCUT2D eigenvalue weighted by atomic mass is 10.1. The zero-order valence-corrected chi connectivity index (χ0v) is 21.3. The van der Waals surface area contributed by atoms with E-state index in [1.54, 1.807) is 10.7 Å². The number of primary amides is 1. The number of nitrogens with two attached hydrogens (primary N) is 1. The molecule has 0 aliphatic carbocycles. The van der Waals surface area contributed by atoms with E-state index in [2.05, 4.69) is 76.6 Å². The Labute approximate surface area is 210 Å². The third-order valence-corrected chi connectivity index (χ3v) is 6.18. The van der Waals surface area contributed by atoms with Crippen LogP contribution in [0.4, 0.5) is 5.69 Å². The van der Waals surface area contributed by atoms with E-state index in [9.17, 15) is 4.79 Å². The van der Waals surface area contributed by atoms with Gasteiger partial charge >= 0.3 is 0 Å². The maximum absolute atomic E-state index is 12.1. The van der Waals surface area contributed by atoms with Gasteiger partial charge in [-0.15, -0.1) is 0 Å². The fraction of sp³-hybridized carbons (Fsp3) is 0.250. The lowest BCUT2D eigenvalue weighted by Crippen LogP contribution is -2.28. The van der Waals surface area contributed by atoms with Gasteiger partial charge in [0.25, 0.3) is 5.91 Å². The summed E-state index contributed by atoms with van der Waals surface area (Å²) in [6, 6.07) is 12.0. The molecular formula is C28H31N7O. The SMILES string of the molecule is CCc1cn(-c2ccc(C(N)=O)c(NC(C)(C)C)c2)c2cccc(-n3cnc(-c4cnn(C)c4)c3)c12. The number of hydrogen-bond donors (Lipinski definition) is 2.